The molecule has 3 aromatic rings. The van der Waals surface area contributed by atoms with Crippen LogP contribution in [0.5, 0.6) is 0 Å². The molecule has 0 saturated carbocycles. The summed E-state index contributed by atoms with van der Waals surface area (Å²) < 4.78 is 2.21. The van der Waals surface area contributed by atoms with E-state index in [1.54, 1.807) is 18.0 Å². The van der Waals surface area contributed by atoms with Crippen molar-refractivity contribution in [1.82, 2.24) is 9.99 Å². The molecule has 1 aromatic heterocycles. The molecule has 0 atom stereocenters. The van der Waals surface area contributed by atoms with Gasteiger partial charge in [0.1, 0.15) is 0 Å². The van der Waals surface area contributed by atoms with E-state index in [-0.39, 0.29) is 5.91 Å². The van der Waals surface area contributed by atoms with E-state index in [4.69, 9.17) is 0 Å². The van der Waals surface area contributed by atoms with Gasteiger partial charge in [-0.1, -0.05) is 24.3 Å². The van der Waals surface area contributed by atoms with Crippen LogP contribution in [0.2, 0.25) is 0 Å². The van der Waals surface area contributed by atoms with Gasteiger partial charge in [0.05, 0.1) is 6.21 Å². The second-order valence-corrected chi connectivity index (χ2v) is 8.30. The molecule has 150 valence electrons. The zero-order valence-corrected chi connectivity index (χ0v) is 18.2. The molecular weight excluding hydrogens is 378 g/mol. The molecule has 0 aliphatic carbocycles. The van der Waals surface area contributed by atoms with E-state index in [1.807, 2.05) is 30.3 Å². The fourth-order valence-corrected chi connectivity index (χ4v) is 4.06. The van der Waals surface area contributed by atoms with Crippen LogP contribution in [0.15, 0.2) is 64.6 Å². The molecule has 0 aliphatic heterocycles. The van der Waals surface area contributed by atoms with Crippen molar-refractivity contribution in [2.75, 3.05) is 5.75 Å². The first-order chi connectivity index (χ1) is 14.0. The van der Waals surface area contributed by atoms with Gasteiger partial charge in [-0.15, -0.1) is 11.8 Å². The summed E-state index contributed by atoms with van der Waals surface area (Å²) in [5.41, 5.74) is 9.57. The summed E-state index contributed by atoms with van der Waals surface area (Å²) >= 11 is 1.67. The maximum atomic E-state index is 12.0. The SMILES string of the molecule is Cc1ccc(-n2c(C)cc(/C=N\NC(=O)CCSc3ccccc3)c2C)cc1C. The summed E-state index contributed by atoms with van der Waals surface area (Å²) in [5, 5.41) is 4.16. The highest BCUT2D eigenvalue weighted by Crippen LogP contribution is 2.22. The van der Waals surface area contributed by atoms with Crippen LogP contribution in [-0.2, 0) is 4.79 Å². The summed E-state index contributed by atoms with van der Waals surface area (Å²) in [7, 11) is 0. The van der Waals surface area contributed by atoms with E-state index in [0.717, 1.165) is 28.4 Å². The van der Waals surface area contributed by atoms with Crippen LogP contribution in [0.4, 0.5) is 0 Å². The van der Waals surface area contributed by atoms with Crippen LogP contribution >= 0.6 is 11.8 Å². The first-order valence-electron chi connectivity index (χ1n) is 9.72. The lowest BCUT2D eigenvalue weighted by Crippen LogP contribution is -2.17. The fraction of sp³-hybridized carbons (Fsp3) is 0.250. The standard InChI is InChI=1S/C24H27N3OS/c1-17-10-11-22(14-18(17)2)27-19(3)15-21(20(27)4)16-25-26-24(28)12-13-29-23-8-6-5-7-9-23/h5-11,14-16H,12-13H2,1-4H3,(H,26,28)/b25-16-. The van der Waals surface area contributed by atoms with Gasteiger partial charge in [-0.2, -0.15) is 5.10 Å². The number of nitrogens with zero attached hydrogens (tertiary/aromatic N) is 2. The van der Waals surface area contributed by atoms with Crippen LogP contribution in [0.25, 0.3) is 5.69 Å². The van der Waals surface area contributed by atoms with Crippen molar-refractivity contribution in [3.63, 3.8) is 0 Å². The Morgan fingerprint density at radius 1 is 1.03 bits per heavy atom. The predicted molar refractivity (Wildman–Crippen MR) is 122 cm³/mol. The molecular formula is C24H27N3OS. The van der Waals surface area contributed by atoms with Crippen molar-refractivity contribution in [3.8, 4) is 5.69 Å². The zero-order valence-electron chi connectivity index (χ0n) is 17.4. The van der Waals surface area contributed by atoms with Crippen molar-refractivity contribution in [2.45, 2.75) is 39.0 Å². The number of thioether (sulfide) groups is 1. The number of amides is 1. The van der Waals surface area contributed by atoms with E-state index >= 15 is 0 Å². The van der Waals surface area contributed by atoms with Gasteiger partial charge in [-0.25, -0.2) is 5.43 Å². The van der Waals surface area contributed by atoms with E-state index in [0.29, 0.717) is 6.42 Å². The molecule has 4 nitrogen and oxygen atoms in total. The minimum Gasteiger partial charge on any atom is -0.318 e. The quantitative estimate of drug-likeness (QED) is 0.327. The largest absolute Gasteiger partial charge is 0.318 e. The lowest BCUT2D eigenvalue weighted by atomic mass is 10.1. The second kappa shape index (κ2) is 9.61. The van der Waals surface area contributed by atoms with Crippen LogP contribution in [0, 0.1) is 27.7 Å². The maximum Gasteiger partial charge on any atom is 0.240 e. The molecule has 0 bridgehead atoms. The molecule has 1 N–H and O–H groups in total. The Morgan fingerprint density at radius 3 is 2.52 bits per heavy atom. The minimum atomic E-state index is -0.0763. The molecule has 0 spiro atoms. The van der Waals surface area contributed by atoms with E-state index in [1.165, 1.54) is 16.0 Å². The Hall–Kier alpha value is -2.79. The van der Waals surface area contributed by atoms with Gasteiger partial charge in [0.2, 0.25) is 5.91 Å². The second-order valence-electron chi connectivity index (χ2n) is 7.14. The third-order valence-corrected chi connectivity index (χ3v) is 5.97. The van der Waals surface area contributed by atoms with Crippen LogP contribution in [-0.4, -0.2) is 22.4 Å². The number of benzene rings is 2. The Labute approximate surface area is 177 Å². The van der Waals surface area contributed by atoms with Gasteiger partial charge in [0.25, 0.3) is 0 Å². The number of hydrogen-bond donors (Lipinski definition) is 1. The first-order valence-corrected chi connectivity index (χ1v) is 10.7. The maximum absolute atomic E-state index is 12.0. The zero-order chi connectivity index (χ0) is 20.8. The molecule has 1 amide bonds. The van der Waals surface area contributed by atoms with Gasteiger partial charge < -0.3 is 4.57 Å². The molecule has 0 fully saturated rings. The summed E-state index contributed by atoms with van der Waals surface area (Å²) in [6.45, 7) is 8.40. The number of carbonyl (C=O) groups excluding carboxylic acids is 1. The Balaban J connectivity index is 1.59. The molecule has 3 rings (SSSR count). The average molecular weight is 406 g/mol. The number of rotatable bonds is 7. The molecule has 0 radical (unpaired) electrons. The third-order valence-electron chi connectivity index (χ3n) is 4.95. The minimum absolute atomic E-state index is 0.0763. The normalized spacial score (nSPS) is 11.2. The van der Waals surface area contributed by atoms with Gasteiger partial charge in [-0.3, -0.25) is 4.79 Å². The van der Waals surface area contributed by atoms with Crippen LogP contribution in [0.1, 0.15) is 34.5 Å². The number of hydrazone groups is 1. The summed E-state index contributed by atoms with van der Waals surface area (Å²) in [6, 6.07) is 18.6. The fourth-order valence-electron chi connectivity index (χ4n) is 3.19. The highest BCUT2D eigenvalue weighted by Gasteiger charge is 2.10. The van der Waals surface area contributed by atoms with Gasteiger partial charge in [0.15, 0.2) is 0 Å². The highest BCUT2D eigenvalue weighted by atomic mass is 32.2. The van der Waals surface area contributed by atoms with Crippen molar-refractivity contribution in [2.24, 2.45) is 5.10 Å². The van der Waals surface area contributed by atoms with E-state index < -0.39 is 0 Å². The Bertz CT molecular complexity index is 1020. The smallest absolute Gasteiger partial charge is 0.240 e. The topological polar surface area (TPSA) is 46.4 Å². The molecule has 5 heteroatoms. The van der Waals surface area contributed by atoms with Gasteiger partial charge >= 0.3 is 0 Å². The lowest BCUT2D eigenvalue weighted by Gasteiger charge is -2.11. The van der Waals surface area contributed by atoms with Gasteiger partial charge in [-0.05, 0) is 69.2 Å². The van der Waals surface area contributed by atoms with Gasteiger partial charge in [0, 0.05) is 39.7 Å². The number of nitrogens with one attached hydrogen (secondary N) is 1. The highest BCUT2D eigenvalue weighted by molar-refractivity contribution is 7.99. The van der Waals surface area contributed by atoms with Crippen molar-refractivity contribution in [1.29, 1.82) is 0 Å². The Morgan fingerprint density at radius 2 is 1.79 bits per heavy atom. The van der Waals surface area contributed by atoms with Crippen molar-refractivity contribution >= 4 is 23.9 Å². The van der Waals surface area contributed by atoms with E-state index in [9.17, 15) is 4.79 Å². The predicted octanol–water partition coefficient (Wildman–Crippen LogP) is 5.34. The molecule has 2 aromatic carbocycles. The molecule has 1 heterocycles. The Kier molecular flexibility index (Phi) is 6.94. The van der Waals surface area contributed by atoms with E-state index in [2.05, 4.69) is 67.1 Å². The average Bonchev–Trinajstić information content (AvgIpc) is 2.98. The summed E-state index contributed by atoms with van der Waals surface area (Å²) in [4.78, 5) is 13.2. The molecule has 29 heavy (non-hydrogen) atoms. The molecule has 0 aliphatic rings. The lowest BCUT2D eigenvalue weighted by molar-refractivity contribution is -0.120. The summed E-state index contributed by atoms with van der Waals surface area (Å²) in [5.74, 6) is 0.653. The number of aryl methyl sites for hydroxylation is 3. The monoisotopic (exact) mass is 405 g/mol. The van der Waals surface area contributed by atoms with Crippen molar-refractivity contribution < 1.29 is 4.79 Å². The molecule has 0 unspecified atom stereocenters. The third kappa shape index (κ3) is 5.39. The summed E-state index contributed by atoms with van der Waals surface area (Å²) in [6.07, 6.45) is 2.15. The number of hydrogen-bond acceptors (Lipinski definition) is 3. The van der Waals surface area contributed by atoms with Crippen LogP contribution in [0.3, 0.4) is 0 Å². The van der Waals surface area contributed by atoms with Crippen LogP contribution < -0.4 is 5.43 Å². The number of aromatic nitrogens is 1. The van der Waals surface area contributed by atoms with Crippen molar-refractivity contribution in [3.05, 3.63) is 82.7 Å². The number of carbonyl (C=O) groups is 1. The first kappa shape index (κ1) is 20.9. The molecule has 0 saturated heterocycles.